The van der Waals surface area contributed by atoms with Gasteiger partial charge >= 0.3 is 0 Å². The fraction of sp³-hybridized carbons (Fsp3) is 0.364. The van der Waals surface area contributed by atoms with E-state index in [0.717, 1.165) is 22.7 Å². The Morgan fingerprint density at radius 1 is 1.47 bits per heavy atom. The minimum Gasteiger partial charge on any atom is -0.454 e. The second kappa shape index (κ2) is 5.20. The van der Waals surface area contributed by atoms with Crippen LogP contribution in [0.1, 0.15) is 5.56 Å². The lowest BCUT2D eigenvalue weighted by Crippen LogP contribution is -2.32. The Morgan fingerprint density at radius 3 is 3.06 bits per heavy atom. The van der Waals surface area contributed by atoms with E-state index in [0.29, 0.717) is 18.2 Å². The van der Waals surface area contributed by atoms with Gasteiger partial charge in [-0.3, -0.25) is 0 Å². The highest BCUT2D eigenvalue weighted by Gasteiger charge is 2.18. The minimum atomic E-state index is 0.273. The number of ether oxygens (including phenoxy) is 2. The predicted molar refractivity (Wildman–Crippen MR) is 70.6 cm³/mol. The zero-order chi connectivity index (χ0) is 12.3. The number of benzene rings is 1. The van der Waals surface area contributed by atoms with E-state index in [-0.39, 0.29) is 6.79 Å². The monoisotopic (exact) mass is 253 g/mol. The summed E-state index contributed by atoms with van der Waals surface area (Å²) in [7, 11) is 0. The van der Waals surface area contributed by atoms with E-state index < -0.39 is 0 Å². The van der Waals surface area contributed by atoms with Crippen LogP contribution in [0.25, 0.3) is 0 Å². The number of nitrogens with one attached hydrogen (secondary N) is 2. The van der Waals surface area contributed by atoms with E-state index in [2.05, 4.69) is 10.6 Å². The van der Waals surface area contributed by atoms with Crippen LogP contribution in [0.3, 0.4) is 0 Å². The van der Waals surface area contributed by atoms with Crippen molar-refractivity contribution in [2.45, 2.75) is 6.92 Å². The van der Waals surface area contributed by atoms with Gasteiger partial charge in [-0.05, 0) is 31.3 Å². The Balaban J connectivity index is 2.09. The van der Waals surface area contributed by atoms with Crippen molar-refractivity contribution < 1.29 is 9.47 Å². The Kier molecular flexibility index (Phi) is 3.65. The van der Waals surface area contributed by atoms with E-state index in [4.69, 9.17) is 27.4 Å². The van der Waals surface area contributed by atoms with Gasteiger partial charge in [0, 0.05) is 24.3 Å². The summed E-state index contributed by atoms with van der Waals surface area (Å²) in [4.78, 5) is 0. The summed E-state index contributed by atoms with van der Waals surface area (Å²) >= 11 is 5.14. The van der Waals surface area contributed by atoms with Gasteiger partial charge in [-0.1, -0.05) is 0 Å². The Labute approximate surface area is 105 Å². The van der Waals surface area contributed by atoms with Gasteiger partial charge in [0.2, 0.25) is 6.79 Å². The van der Waals surface area contributed by atoms with Gasteiger partial charge in [-0.15, -0.1) is 0 Å². The lowest BCUT2D eigenvalue weighted by molar-refractivity contribution is 0.173. The molecule has 1 aromatic rings. The Bertz CT molecular complexity index is 437. The molecule has 1 aromatic carbocycles. The normalized spacial score (nSPS) is 12.4. The van der Waals surface area contributed by atoms with Gasteiger partial charge in [0.25, 0.3) is 0 Å². The number of rotatable bonds is 3. The Morgan fingerprint density at radius 2 is 2.29 bits per heavy atom. The molecule has 1 aliphatic rings. The van der Waals surface area contributed by atoms with Crippen molar-refractivity contribution in [1.82, 2.24) is 5.32 Å². The van der Waals surface area contributed by atoms with Crippen LogP contribution >= 0.6 is 12.2 Å². The molecule has 0 aromatic heterocycles. The van der Waals surface area contributed by atoms with Crippen LogP contribution in [0, 0.1) is 6.92 Å². The molecule has 0 unspecified atom stereocenters. The fourth-order valence-electron chi connectivity index (χ4n) is 1.60. The first-order valence-corrected chi connectivity index (χ1v) is 5.77. The van der Waals surface area contributed by atoms with Crippen LogP contribution in [0.15, 0.2) is 12.1 Å². The molecule has 4 N–H and O–H groups in total. The molecule has 0 saturated heterocycles. The van der Waals surface area contributed by atoms with E-state index in [1.54, 1.807) is 0 Å². The van der Waals surface area contributed by atoms with Gasteiger partial charge in [0.05, 0.1) is 0 Å². The van der Waals surface area contributed by atoms with Crippen LogP contribution in [0.2, 0.25) is 0 Å². The number of fused-ring (bicyclic) bond motifs is 1. The third-order valence-electron chi connectivity index (χ3n) is 2.47. The highest BCUT2D eigenvalue weighted by Crippen LogP contribution is 2.38. The number of anilines is 1. The van der Waals surface area contributed by atoms with Gasteiger partial charge in [0.15, 0.2) is 16.6 Å². The molecule has 17 heavy (non-hydrogen) atoms. The van der Waals surface area contributed by atoms with Crippen molar-refractivity contribution in [3.8, 4) is 11.5 Å². The number of thiocarbonyl (C=S) groups is 1. The molecule has 6 heteroatoms. The lowest BCUT2D eigenvalue weighted by Gasteiger charge is -2.13. The van der Waals surface area contributed by atoms with Crippen LogP contribution in [0.5, 0.6) is 11.5 Å². The second-order valence-corrected chi connectivity index (χ2v) is 4.05. The van der Waals surface area contributed by atoms with Crippen molar-refractivity contribution in [1.29, 1.82) is 0 Å². The van der Waals surface area contributed by atoms with Crippen molar-refractivity contribution in [2.24, 2.45) is 5.73 Å². The number of hydrogen-bond donors (Lipinski definition) is 3. The number of hydrogen-bond acceptors (Lipinski definition) is 4. The van der Waals surface area contributed by atoms with Gasteiger partial charge in [0.1, 0.15) is 0 Å². The molecule has 5 nitrogen and oxygen atoms in total. The van der Waals surface area contributed by atoms with Crippen LogP contribution in [-0.2, 0) is 0 Å². The molecule has 0 bridgehead atoms. The molecule has 0 aliphatic carbocycles. The van der Waals surface area contributed by atoms with Crippen molar-refractivity contribution in [3.05, 3.63) is 17.7 Å². The summed E-state index contributed by atoms with van der Waals surface area (Å²) < 4.78 is 10.7. The largest absolute Gasteiger partial charge is 0.454 e. The third kappa shape index (κ3) is 2.59. The molecule has 0 fully saturated rings. The molecule has 2 rings (SSSR count). The predicted octanol–water partition coefficient (Wildman–Crippen LogP) is 0.969. The van der Waals surface area contributed by atoms with Gasteiger partial charge in [-0.25, -0.2) is 0 Å². The molecule has 0 atom stereocenters. The molecule has 0 spiro atoms. The van der Waals surface area contributed by atoms with E-state index >= 15 is 0 Å². The van der Waals surface area contributed by atoms with E-state index in [1.165, 1.54) is 0 Å². The van der Waals surface area contributed by atoms with Crippen LogP contribution < -0.4 is 25.8 Å². The molecular formula is C11H15N3O2S. The highest BCUT2D eigenvalue weighted by molar-refractivity contribution is 7.80. The summed E-state index contributed by atoms with van der Waals surface area (Å²) in [5.41, 5.74) is 7.28. The molecule has 1 heterocycles. The molecular weight excluding hydrogens is 238 g/mol. The van der Waals surface area contributed by atoms with Gasteiger partial charge in [-0.2, -0.15) is 0 Å². The van der Waals surface area contributed by atoms with E-state index in [9.17, 15) is 0 Å². The summed E-state index contributed by atoms with van der Waals surface area (Å²) in [5, 5.41) is 6.66. The lowest BCUT2D eigenvalue weighted by atomic mass is 10.1. The average molecular weight is 253 g/mol. The minimum absolute atomic E-state index is 0.273. The van der Waals surface area contributed by atoms with E-state index in [1.807, 2.05) is 19.1 Å². The zero-order valence-electron chi connectivity index (χ0n) is 9.58. The SMILES string of the molecule is Cc1c(NC(=S)NCCN)ccc2c1OCO2. The summed E-state index contributed by atoms with van der Waals surface area (Å²) in [6.07, 6.45) is 0. The fourth-order valence-corrected chi connectivity index (χ4v) is 1.81. The van der Waals surface area contributed by atoms with Crippen molar-refractivity contribution in [3.63, 3.8) is 0 Å². The van der Waals surface area contributed by atoms with Gasteiger partial charge < -0.3 is 25.8 Å². The van der Waals surface area contributed by atoms with Crippen molar-refractivity contribution in [2.75, 3.05) is 25.2 Å². The first-order chi connectivity index (χ1) is 8.22. The Hall–Kier alpha value is -1.53. The zero-order valence-corrected chi connectivity index (χ0v) is 10.4. The van der Waals surface area contributed by atoms with Crippen LogP contribution in [0.4, 0.5) is 5.69 Å². The standard InChI is InChI=1S/C11H15N3O2S/c1-7-8(14-11(17)13-5-4-12)2-3-9-10(7)16-6-15-9/h2-3H,4-6,12H2,1H3,(H2,13,14,17). The average Bonchev–Trinajstić information content (AvgIpc) is 2.79. The number of nitrogens with two attached hydrogens (primary N) is 1. The summed E-state index contributed by atoms with van der Waals surface area (Å²) in [6, 6.07) is 3.78. The maximum absolute atomic E-state index is 5.39. The maximum atomic E-state index is 5.39. The molecule has 1 aliphatic heterocycles. The molecule has 0 radical (unpaired) electrons. The quantitative estimate of drug-likeness (QED) is 0.697. The second-order valence-electron chi connectivity index (χ2n) is 3.64. The summed E-state index contributed by atoms with van der Waals surface area (Å²) in [5.74, 6) is 1.55. The third-order valence-corrected chi connectivity index (χ3v) is 2.71. The van der Waals surface area contributed by atoms with Crippen LogP contribution in [-0.4, -0.2) is 25.0 Å². The molecule has 0 amide bonds. The topological polar surface area (TPSA) is 68.5 Å². The smallest absolute Gasteiger partial charge is 0.231 e. The first kappa shape index (κ1) is 11.9. The van der Waals surface area contributed by atoms with Crippen molar-refractivity contribution >= 4 is 23.0 Å². The highest BCUT2D eigenvalue weighted by atomic mass is 32.1. The summed E-state index contributed by atoms with van der Waals surface area (Å²) in [6.45, 7) is 3.42. The molecule has 92 valence electrons. The maximum Gasteiger partial charge on any atom is 0.231 e. The molecule has 0 saturated carbocycles. The first-order valence-electron chi connectivity index (χ1n) is 5.36.